The number of carbonyl (C=O) groups is 1. The summed E-state index contributed by atoms with van der Waals surface area (Å²) in [5.41, 5.74) is 0. The van der Waals surface area contributed by atoms with Gasteiger partial charge in [0.15, 0.2) is 0 Å². The molecule has 1 fully saturated rings. The number of ether oxygens (including phenoxy) is 1. The molecule has 0 spiro atoms. The lowest BCUT2D eigenvalue weighted by molar-refractivity contribution is -0.153. The summed E-state index contributed by atoms with van der Waals surface area (Å²) in [6.45, 7) is 8.48. The van der Waals surface area contributed by atoms with Crippen molar-refractivity contribution in [2.45, 2.75) is 53.1 Å². The zero-order valence-electron chi connectivity index (χ0n) is 9.75. The van der Waals surface area contributed by atoms with Crippen LogP contribution in [-0.2, 0) is 9.53 Å². The van der Waals surface area contributed by atoms with E-state index in [1.54, 1.807) is 0 Å². The molecule has 14 heavy (non-hydrogen) atoms. The van der Waals surface area contributed by atoms with Crippen LogP contribution in [0.5, 0.6) is 0 Å². The van der Waals surface area contributed by atoms with Crippen molar-refractivity contribution in [2.24, 2.45) is 17.8 Å². The van der Waals surface area contributed by atoms with E-state index < -0.39 is 0 Å². The number of carbonyl (C=O) groups excluding carboxylic acids is 1. The van der Waals surface area contributed by atoms with Crippen LogP contribution in [0.25, 0.3) is 0 Å². The topological polar surface area (TPSA) is 26.3 Å². The fourth-order valence-corrected chi connectivity index (χ4v) is 2.36. The highest BCUT2D eigenvalue weighted by Crippen LogP contribution is 2.37. The largest absolute Gasteiger partial charge is 0.462 e. The molecule has 0 bridgehead atoms. The Morgan fingerprint density at radius 2 is 2.07 bits per heavy atom. The maximum absolute atomic E-state index is 11.3. The Labute approximate surface area is 87.0 Å². The molecule has 1 aliphatic carbocycles. The third kappa shape index (κ3) is 2.49. The van der Waals surface area contributed by atoms with E-state index in [0.717, 1.165) is 0 Å². The van der Waals surface area contributed by atoms with Gasteiger partial charge < -0.3 is 4.74 Å². The molecular weight excluding hydrogens is 176 g/mol. The quantitative estimate of drug-likeness (QED) is 0.652. The highest BCUT2D eigenvalue weighted by atomic mass is 16.5. The first-order chi connectivity index (χ1) is 6.56. The van der Waals surface area contributed by atoms with Crippen molar-refractivity contribution in [3.63, 3.8) is 0 Å². The summed E-state index contributed by atoms with van der Waals surface area (Å²) in [6.07, 6.45) is 3.07. The van der Waals surface area contributed by atoms with E-state index in [4.69, 9.17) is 4.74 Å². The Kier molecular flexibility index (Phi) is 3.97. The number of hydrogen-bond acceptors (Lipinski definition) is 2. The van der Waals surface area contributed by atoms with Crippen molar-refractivity contribution in [1.29, 1.82) is 0 Å². The van der Waals surface area contributed by atoms with E-state index >= 15 is 0 Å². The molecule has 0 radical (unpaired) electrons. The van der Waals surface area contributed by atoms with Crippen LogP contribution < -0.4 is 0 Å². The fraction of sp³-hybridized carbons (Fsp3) is 0.917. The maximum atomic E-state index is 11.3. The molecule has 82 valence electrons. The summed E-state index contributed by atoms with van der Waals surface area (Å²) in [4.78, 5) is 11.3. The van der Waals surface area contributed by atoms with E-state index in [2.05, 4.69) is 20.8 Å². The monoisotopic (exact) mass is 198 g/mol. The molecule has 0 aliphatic heterocycles. The van der Waals surface area contributed by atoms with E-state index in [1.165, 1.54) is 12.8 Å². The first-order valence-electron chi connectivity index (χ1n) is 5.75. The second-order valence-electron chi connectivity index (χ2n) is 4.77. The lowest BCUT2D eigenvalue weighted by Gasteiger charge is -2.25. The van der Waals surface area contributed by atoms with Crippen LogP contribution in [0.1, 0.15) is 47.0 Å². The standard InChI is InChI=1S/C12H22O2/c1-5-11(13)14-12-9(4)6-7-10(12)8(2)3/h8-10,12H,5-7H2,1-4H3. The lowest BCUT2D eigenvalue weighted by Crippen LogP contribution is -2.29. The predicted molar refractivity (Wildman–Crippen MR) is 56.9 cm³/mol. The molecule has 2 nitrogen and oxygen atoms in total. The lowest BCUT2D eigenvalue weighted by atomic mass is 9.91. The van der Waals surface area contributed by atoms with Gasteiger partial charge >= 0.3 is 5.97 Å². The molecule has 0 aromatic carbocycles. The molecular formula is C12H22O2. The van der Waals surface area contributed by atoms with Crippen molar-refractivity contribution in [3.05, 3.63) is 0 Å². The van der Waals surface area contributed by atoms with Gasteiger partial charge in [0.05, 0.1) is 0 Å². The molecule has 0 aromatic heterocycles. The van der Waals surface area contributed by atoms with Gasteiger partial charge in [0.2, 0.25) is 0 Å². The van der Waals surface area contributed by atoms with Crippen molar-refractivity contribution >= 4 is 5.97 Å². The summed E-state index contributed by atoms with van der Waals surface area (Å²) >= 11 is 0. The van der Waals surface area contributed by atoms with Gasteiger partial charge in [0.25, 0.3) is 0 Å². The Morgan fingerprint density at radius 3 is 2.57 bits per heavy atom. The van der Waals surface area contributed by atoms with Crippen molar-refractivity contribution in [2.75, 3.05) is 0 Å². The molecule has 3 unspecified atom stereocenters. The van der Waals surface area contributed by atoms with Crippen LogP contribution in [0.4, 0.5) is 0 Å². The smallest absolute Gasteiger partial charge is 0.305 e. The van der Waals surface area contributed by atoms with Gasteiger partial charge in [-0.2, -0.15) is 0 Å². The second-order valence-corrected chi connectivity index (χ2v) is 4.77. The Bertz CT molecular complexity index is 198. The summed E-state index contributed by atoms with van der Waals surface area (Å²) in [6, 6.07) is 0. The SMILES string of the molecule is CCC(=O)OC1C(C)CCC1C(C)C. The van der Waals surface area contributed by atoms with Gasteiger partial charge in [-0.1, -0.05) is 27.7 Å². The molecule has 2 heteroatoms. The average molecular weight is 198 g/mol. The molecule has 1 saturated carbocycles. The van der Waals surface area contributed by atoms with Crippen molar-refractivity contribution in [3.8, 4) is 0 Å². The number of esters is 1. The minimum atomic E-state index is -0.0469. The van der Waals surface area contributed by atoms with Crippen LogP contribution in [0.2, 0.25) is 0 Å². The highest BCUT2D eigenvalue weighted by molar-refractivity contribution is 5.69. The number of rotatable bonds is 3. The van der Waals surface area contributed by atoms with Crippen LogP contribution in [0.3, 0.4) is 0 Å². The first-order valence-corrected chi connectivity index (χ1v) is 5.75. The Morgan fingerprint density at radius 1 is 1.43 bits per heavy atom. The van der Waals surface area contributed by atoms with Crippen molar-refractivity contribution in [1.82, 2.24) is 0 Å². The summed E-state index contributed by atoms with van der Waals surface area (Å²) < 4.78 is 5.51. The van der Waals surface area contributed by atoms with E-state index in [1.807, 2.05) is 6.92 Å². The summed E-state index contributed by atoms with van der Waals surface area (Å²) in [5, 5.41) is 0. The maximum Gasteiger partial charge on any atom is 0.305 e. The van der Waals surface area contributed by atoms with Crippen LogP contribution in [0.15, 0.2) is 0 Å². The van der Waals surface area contributed by atoms with Gasteiger partial charge in [-0.15, -0.1) is 0 Å². The zero-order valence-corrected chi connectivity index (χ0v) is 9.75. The van der Waals surface area contributed by atoms with Crippen LogP contribution in [-0.4, -0.2) is 12.1 Å². The summed E-state index contributed by atoms with van der Waals surface area (Å²) in [7, 11) is 0. The normalized spacial score (nSPS) is 32.2. The molecule has 0 aromatic rings. The molecule has 0 N–H and O–H groups in total. The van der Waals surface area contributed by atoms with Gasteiger partial charge in [-0.3, -0.25) is 4.79 Å². The number of hydrogen-bond donors (Lipinski definition) is 0. The summed E-state index contributed by atoms with van der Waals surface area (Å²) in [5.74, 6) is 1.68. The zero-order chi connectivity index (χ0) is 10.7. The molecule has 0 saturated heterocycles. The van der Waals surface area contributed by atoms with Crippen molar-refractivity contribution < 1.29 is 9.53 Å². The Hall–Kier alpha value is -0.530. The molecule has 1 aliphatic rings. The van der Waals surface area contributed by atoms with Gasteiger partial charge in [0, 0.05) is 6.42 Å². The van der Waals surface area contributed by atoms with Gasteiger partial charge in [-0.05, 0) is 30.6 Å². The van der Waals surface area contributed by atoms with E-state index in [9.17, 15) is 4.79 Å². The molecule has 1 rings (SSSR count). The average Bonchev–Trinajstić information content (AvgIpc) is 2.48. The van der Waals surface area contributed by atoms with Gasteiger partial charge in [0.1, 0.15) is 6.10 Å². The third-order valence-electron chi connectivity index (χ3n) is 3.35. The van der Waals surface area contributed by atoms with Gasteiger partial charge in [-0.25, -0.2) is 0 Å². The minimum absolute atomic E-state index is 0.0469. The predicted octanol–water partition coefficient (Wildman–Crippen LogP) is 3.01. The minimum Gasteiger partial charge on any atom is -0.462 e. The van der Waals surface area contributed by atoms with E-state index in [0.29, 0.717) is 24.2 Å². The highest BCUT2D eigenvalue weighted by Gasteiger charge is 2.37. The first kappa shape index (κ1) is 11.5. The van der Waals surface area contributed by atoms with Crippen LogP contribution >= 0.6 is 0 Å². The molecule has 0 amide bonds. The second kappa shape index (κ2) is 4.81. The molecule has 0 heterocycles. The fourth-order valence-electron chi connectivity index (χ4n) is 2.36. The van der Waals surface area contributed by atoms with E-state index in [-0.39, 0.29) is 12.1 Å². The molecule has 3 atom stereocenters. The van der Waals surface area contributed by atoms with Crippen LogP contribution in [0, 0.1) is 17.8 Å². The Balaban J connectivity index is 2.57. The third-order valence-corrected chi connectivity index (χ3v) is 3.35.